The molecule has 0 saturated heterocycles. The first kappa shape index (κ1) is 26.2. The lowest BCUT2D eigenvalue weighted by molar-refractivity contribution is 0.0651. The van der Waals surface area contributed by atoms with Gasteiger partial charge in [-0.05, 0) is 60.4 Å². The van der Waals surface area contributed by atoms with Crippen molar-refractivity contribution in [3.8, 4) is 22.9 Å². The van der Waals surface area contributed by atoms with Crippen LogP contribution in [0, 0.1) is 11.3 Å². The van der Waals surface area contributed by atoms with Gasteiger partial charge in [0, 0.05) is 6.54 Å². The van der Waals surface area contributed by atoms with E-state index in [9.17, 15) is 9.59 Å². The Kier molecular flexibility index (Phi) is 9.48. The Morgan fingerprint density at radius 1 is 0.622 bits per heavy atom. The predicted octanol–water partition coefficient (Wildman–Crippen LogP) is 7.41. The molecular formula is C32H34N2O3. The van der Waals surface area contributed by atoms with Gasteiger partial charge in [0.25, 0.3) is 11.8 Å². The molecule has 0 unspecified atom stereocenters. The first-order chi connectivity index (χ1) is 18.2. The summed E-state index contributed by atoms with van der Waals surface area (Å²) >= 11 is 0. The number of benzene rings is 3. The van der Waals surface area contributed by atoms with Crippen LogP contribution in [0.15, 0.2) is 72.8 Å². The van der Waals surface area contributed by atoms with Crippen LogP contribution in [0.3, 0.4) is 0 Å². The SMILES string of the molecule is N#Cc1ccc(-c2ccc(OCCCCCCCCCCCN3C(=O)c4ccccc4C3=O)cc2)cc1. The summed E-state index contributed by atoms with van der Waals surface area (Å²) in [6, 6.07) is 24.9. The molecule has 4 rings (SSSR count). The molecule has 1 heterocycles. The van der Waals surface area contributed by atoms with Crippen LogP contribution in [-0.2, 0) is 0 Å². The summed E-state index contributed by atoms with van der Waals surface area (Å²) in [7, 11) is 0. The Morgan fingerprint density at radius 2 is 1.11 bits per heavy atom. The molecule has 190 valence electrons. The summed E-state index contributed by atoms with van der Waals surface area (Å²) in [6.45, 7) is 1.25. The van der Waals surface area contributed by atoms with E-state index in [0.717, 1.165) is 49.2 Å². The summed E-state index contributed by atoms with van der Waals surface area (Å²) < 4.78 is 5.89. The molecule has 2 amide bonds. The number of hydrogen-bond donors (Lipinski definition) is 0. The van der Waals surface area contributed by atoms with Gasteiger partial charge in [-0.3, -0.25) is 14.5 Å². The molecule has 0 radical (unpaired) electrons. The van der Waals surface area contributed by atoms with E-state index in [1.54, 1.807) is 24.3 Å². The highest BCUT2D eigenvalue weighted by Crippen LogP contribution is 2.24. The molecule has 3 aromatic carbocycles. The molecule has 0 spiro atoms. The third kappa shape index (κ3) is 7.07. The van der Waals surface area contributed by atoms with Gasteiger partial charge in [0.05, 0.1) is 29.4 Å². The first-order valence-corrected chi connectivity index (χ1v) is 13.4. The minimum absolute atomic E-state index is 0.148. The van der Waals surface area contributed by atoms with E-state index < -0.39 is 0 Å². The lowest BCUT2D eigenvalue weighted by atomic mass is 10.0. The minimum atomic E-state index is -0.148. The molecule has 0 bridgehead atoms. The first-order valence-electron chi connectivity index (χ1n) is 13.4. The van der Waals surface area contributed by atoms with Crippen LogP contribution in [0.1, 0.15) is 84.1 Å². The minimum Gasteiger partial charge on any atom is -0.494 e. The molecule has 37 heavy (non-hydrogen) atoms. The molecule has 0 atom stereocenters. The van der Waals surface area contributed by atoms with Gasteiger partial charge in [0.15, 0.2) is 0 Å². The van der Waals surface area contributed by atoms with Crippen molar-refractivity contribution in [2.45, 2.75) is 57.8 Å². The number of imide groups is 1. The van der Waals surface area contributed by atoms with Gasteiger partial charge < -0.3 is 4.74 Å². The number of fused-ring (bicyclic) bond motifs is 1. The summed E-state index contributed by atoms with van der Waals surface area (Å²) in [5.41, 5.74) is 3.95. The third-order valence-electron chi connectivity index (χ3n) is 6.87. The zero-order chi connectivity index (χ0) is 25.9. The van der Waals surface area contributed by atoms with E-state index in [0.29, 0.717) is 23.2 Å². The van der Waals surface area contributed by atoms with E-state index in [1.165, 1.54) is 37.0 Å². The van der Waals surface area contributed by atoms with Crippen molar-refractivity contribution in [3.63, 3.8) is 0 Å². The molecule has 1 aliphatic heterocycles. The van der Waals surface area contributed by atoms with Crippen LogP contribution < -0.4 is 4.74 Å². The maximum atomic E-state index is 12.4. The molecule has 5 heteroatoms. The Balaban J connectivity index is 0.996. The molecule has 0 fully saturated rings. The number of nitriles is 1. The quantitative estimate of drug-likeness (QED) is 0.173. The number of rotatable bonds is 14. The number of hydrogen-bond acceptors (Lipinski definition) is 4. The molecule has 1 aliphatic rings. The summed E-state index contributed by atoms with van der Waals surface area (Å²) in [4.78, 5) is 26.1. The number of ether oxygens (including phenoxy) is 1. The highest BCUT2D eigenvalue weighted by atomic mass is 16.5. The van der Waals surface area contributed by atoms with Crippen molar-refractivity contribution in [3.05, 3.63) is 89.5 Å². The molecule has 5 nitrogen and oxygen atoms in total. The van der Waals surface area contributed by atoms with Crippen molar-refractivity contribution in [1.29, 1.82) is 5.26 Å². The van der Waals surface area contributed by atoms with E-state index in [2.05, 4.69) is 18.2 Å². The van der Waals surface area contributed by atoms with Crippen LogP contribution in [0.25, 0.3) is 11.1 Å². The van der Waals surface area contributed by atoms with Gasteiger partial charge in [0.1, 0.15) is 5.75 Å². The lowest BCUT2D eigenvalue weighted by Crippen LogP contribution is -2.30. The maximum absolute atomic E-state index is 12.4. The molecule has 3 aromatic rings. The maximum Gasteiger partial charge on any atom is 0.261 e. The topological polar surface area (TPSA) is 70.4 Å². The fraction of sp³-hybridized carbons (Fsp3) is 0.344. The summed E-state index contributed by atoms with van der Waals surface area (Å²) in [6.07, 6.45) is 10.2. The van der Waals surface area contributed by atoms with Crippen LogP contribution >= 0.6 is 0 Å². The molecule has 0 saturated carbocycles. The zero-order valence-electron chi connectivity index (χ0n) is 21.3. The zero-order valence-corrected chi connectivity index (χ0v) is 21.3. The third-order valence-corrected chi connectivity index (χ3v) is 6.87. The van der Waals surface area contributed by atoms with Crippen LogP contribution in [0.5, 0.6) is 5.75 Å². The van der Waals surface area contributed by atoms with Crippen molar-refractivity contribution in [2.24, 2.45) is 0 Å². The van der Waals surface area contributed by atoms with Gasteiger partial charge in [-0.25, -0.2) is 0 Å². The Hall–Kier alpha value is -3.91. The number of nitrogens with zero attached hydrogens (tertiary/aromatic N) is 2. The number of unbranched alkanes of at least 4 members (excludes halogenated alkanes) is 8. The van der Waals surface area contributed by atoms with Crippen molar-refractivity contribution in [1.82, 2.24) is 4.90 Å². The fourth-order valence-corrected chi connectivity index (χ4v) is 4.72. The van der Waals surface area contributed by atoms with Gasteiger partial charge in [-0.2, -0.15) is 5.26 Å². The van der Waals surface area contributed by atoms with E-state index in [4.69, 9.17) is 10.00 Å². The Bertz CT molecular complexity index is 1190. The van der Waals surface area contributed by atoms with Crippen molar-refractivity contribution in [2.75, 3.05) is 13.2 Å². The average Bonchev–Trinajstić information content (AvgIpc) is 3.19. The largest absolute Gasteiger partial charge is 0.494 e. The fourth-order valence-electron chi connectivity index (χ4n) is 4.72. The Morgan fingerprint density at radius 3 is 1.65 bits per heavy atom. The number of carbonyl (C=O) groups is 2. The highest BCUT2D eigenvalue weighted by molar-refractivity contribution is 6.21. The van der Waals surface area contributed by atoms with E-state index >= 15 is 0 Å². The molecule has 0 aliphatic carbocycles. The molecular weight excluding hydrogens is 460 g/mol. The number of carbonyl (C=O) groups excluding carboxylic acids is 2. The second-order valence-corrected chi connectivity index (χ2v) is 9.55. The second kappa shape index (κ2) is 13.4. The van der Waals surface area contributed by atoms with Crippen LogP contribution in [-0.4, -0.2) is 29.9 Å². The smallest absolute Gasteiger partial charge is 0.261 e. The van der Waals surface area contributed by atoms with Crippen LogP contribution in [0.2, 0.25) is 0 Å². The lowest BCUT2D eigenvalue weighted by Gasteiger charge is -2.13. The second-order valence-electron chi connectivity index (χ2n) is 9.55. The average molecular weight is 495 g/mol. The number of amides is 2. The van der Waals surface area contributed by atoms with Gasteiger partial charge in [0.2, 0.25) is 0 Å². The van der Waals surface area contributed by atoms with Gasteiger partial charge >= 0.3 is 0 Å². The normalized spacial score (nSPS) is 12.5. The predicted molar refractivity (Wildman–Crippen MR) is 145 cm³/mol. The Labute approximate surface area is 219 Å². The van der Waals surface area contributed by atoms with Gasteiger partial charge in [-0.1, -0.05) is 81.3 Å². The van der Waals surface area contributed by atoms with Crippen molar-refractivity contribution >= 4 is 11.8 Å². The summed E-state index contributed by atoms with van der Waals surface area (Å²) in [5, 5.41) is 8.92. The van der Waals surface area contributed by atoms with E-state index in [-0.39, 0.29) is 11.8 Å². The standard InChI is InChI=1S/C32H34N2O3/c33-24-25-14-16-26(17-15-25)27-18-20-28(21-19-27)37-23-11-7-5-3-1-2-4-6-10-22-34-31(35)29-12-8-9-13-30(29)32(34)36/h8-9,12-21H,1-7,10-11,22-23H2. The summed E-state index contributed by atoms with van der Waals surface area (Å²) in [5.74, 6) is 0.591. The highest BCUT2D eigenvalue weighted by Gasteiger charge is 2.34. The van der Waals surface area contributed by atoms with E-state index in [1.807, 2.05) is 36.4 Å². The molecule has 0 N–H and O–H groups in total. The van der Waals surface area contributed by atoms with Gasteiger partial charge in [-0.15, -0.1) is 0 Å². The van der Waals surface area contributed by atoms with Crippen LogP contribution in [0.4, 0.5) is 0 Å². The van der Waals surface area contributed by atoms with Crippen molar-refractivity contribution < 1.29 is 14.3 Å². The molecule has 0 aromatic heterocycles. The monoisotopic (exact) mass is 494 g/mol.